The zero-order chi connectivity index (χ0) is 40.9. The van der Waals surface area contributed by atoms with Gasteiger partial charge in [0.1, 0.15) is 0 Å². The second-order valence-electron chi connectivity index (χ2n) is 13.8. The first-order chi connectivity index (χ1) is 29.4. The summed E-state index contributed by atoms with van der Waals surface area (Å²) in [6.45, 7) is -2.09. The molecular formula is C53H39IrN3S-2. The molecule has 0 aliphatic carbocycles. The van der Waals surface area contributed by atoms with Gasteiger partial charge in [0.2, 0.25) is 0 Å². The van der Waals surface area contributed by atoms with Crippen LogP contribution in [0.3, 0.4) is 0 Å². The van der Waals surface area contributed by atoms with Crippen LogP contribution in [0.25, 0.3) is 71.7 Å². The Kier molecular flexibility index (Phi) is 10.8. The maximum atomic E-state index is 7.23. The minimum absolute atomic E-state index is 0. The molecule has 283 valence electrons. The molecule has 0 fully saturated rings. The number of benzene rings is 7. The second kappa shape index (κ2) is 17.9. The zero-order valence-electron chi connectivity index (χ0n) is 34.5. The van der Waals surface area contributed by atoms with E-state index in [0.29, 0.717) is 0 Å². The molecule has 0 aliphatic heterocycles. The molecule has 3 aromatic heterocycles. The molecule has 0 saturated carbocycles. The average Bonchev–Trinajstić information content (AvgIpc) is 3.90. The quantitative estimate of drug-likeness (QED) is 0.142. The Morgan fingerprint density at radius 1 is 0.638 bits per heavy atom. The molecular weight excluding hydrogens is 903 g/mol. The number of aromatic nitrogens is 3. The normalized spacial score (nSPS) is 11.8. The van der Waals surface area contributed by atoms with E-state index in [1.807, 2.05) is 18.2 Å². The summed E-state index contributed by atoms with van der Waals surface area (Å²) in [4.78, 5) is 9.44. The van der Waals surface area contributed by atoms with Crippen LogP contribution in [0.2, 0.25) is 0 Å². The van der Waals surface area contributed by atoms with Crippen LogP contribution in [-0.2, 0) is 32.9 Å². The van der Waals surface area contributed by atoms with Crippen molar-refractivity contribution in [3.05, 3.63) is 222 Å². The van der Waals surface area contributed by atoms with Gasteiger partial charge in [-0.3, -0.25) is 16.3 Å². The van der Waals surface area contributed by atoms with Gasteiger partial charge in [-0.2, -0.15) is 0 Å². The summed E-state index contributed by atoms with van der Waals surface area (Å²) < 4.78 is 25.3. The SMILES string of the molecule is [2H]C([2H])([2H])c1ccc(-c2[c-]cccc2)nc1.[Ir].[c-]1sc2ccc(CCc3ccccc3)cc2c1-c1nc2ccccc2n1-c1c(-c2ccccc2)cccc1-c1ccccc1. The molecule has 10 aromatic rings. The van der Waals surface area contributed by atoms with E-state index in [4.69, 9.17) is 9.10 Å². The van der Waals surface area contributed by atoms with Crippen molar-refractivity contribution in [2.45, 2.75) is 19.7 Å². The number of pyridine rings is 1. The predicted molar refractivity (Wildman–Crippen MR) is 239 cm³/mol. The van der Waals surface area contributed by atoms with E-state index in [0.717, 1.165) is 52.2 Å². The van der Waals surface area contributed by atoms with Gasteiger partial charge in [0, 0.05) is 41.5 Å². The van der Waals surface area contributed by atoms with E-state index in [-0.39, 0.29) is 25.7 Å². The molecule has 0 spiro atoms. The summed E-state index contributed by atoms with van der Waals surface area (Å²) in [5.74, 6) is 0.915. The molecule has 0 atom stereocenters. The van der Waals surface area contributed by atoms with E-state index in [9.17, 15) is 0 Å². The molecule has 0 N–H and O–H groups in total. The third kappa shape index (κ3) is 8.25. The Balaban J connectivity index is 0.000000255. The van der Waals surface area contributed by atoms with Crippen molar-refractivity contribution in [2.75, 3.05) is 0 Å². The van der Waals surface area contributed by atoms with Gasteiger partial charge in [0.15, 0.2) is 0 Å². The summed E-state index contributed by atoms with van der Waals surface area (Å²) in [5.41, 5.74) is 13.4. The molecule has 0 aliphatic rings. The first-order valence-electron chi connectivity index (χ1n) is 20.5. The monoisotopic (exact) mass is 945 g/mol. The van der Waals surface area contributed by atoms with Crippen LogP contribution in [0.15, 0.2) is 194 Å². The van der Waals surface area contributed by atoms with E-state index in [1.165, 1.54) is 49.7 Å². The predicted octanol–water partition coefficient (Wildman–Crippen LogP) is 13.7. The van der Waals surface area contributed by atoms with Gasteiger partial charge in [-0.15, -0.1) is 47.3 Å². The summed E-state index contributed by atoms with van der Waals surface area (Å²) in [7, 11) is 0. The van der Waals surface area contributed by atoms with Crippen LogP contribution < -0.4 is 0 Å². The van der Waals surface area contributed by atoms with Gasteiger partial charge in [-0.05, 0) is 59.8 Å². The number of para-hydroxylation sites is 3. The summed E-state index contributed by atoms with van der Waals surface area (Å²) in [5, 5.41) is 4.88. The third-order valence-electron chi connectivity index (χ3n) is 10.1. The zero-order valence-corrected chi connectivity index (χ0v) is 34.7. The Labute approximate surface area is 361 Å². The van der Waals surface area contributed by atoms with Crippen molar-refractivity contribution in [3.63, 3.8) is 0 Å². The van der Waals surface area contributed by atoms with Gasteiger partial charge >= 0.3 is 0 Å². The van der Waals surface area contributed by atoms with Crippen LogP contribution in [-0.4, -0.2) is 14.5 Å². The van der Waals surface area contributed by atoms with Crippen LogP contribution >= 0.6 is 11.3 Å². The summed E-state index contributed by atoms with van der Waals surface area (Å²) >= 11 is 1.67. The number of hydrogen-bond acceptors (Lipinski definition) is 3. The Morgan fingerprint density at radius 2 is 1.31 bits per heavy atom. The number of fused-ring (bicyclic) bond motifs is 2. The minimum Gasteiger partial charge on any atom is -0.332 e. The number of rotatable bonds is 8. The van der Waals surface area contributed by atoms with Gasteiger partial charge in [0.25, 0.3) is 0 Å². The molecule has 0 bridgehead atoms. The fourth-order valence-corrected chi connectivity index (χ4v) is 8.11. The molecule has 7 aromatic carbocycles. The molecule has 5 heteroatoms. The van der Waals surface area contributed by atoms with Crippen molar-refractivity contribution in [2.24, 2.45) is 0 Å². The van der Waals surface area contributed by atoms with E-state index in [1.54, 1.807) is 29.5 Å². The second-order valence-corrected chi connectivity index (χ2v) is 14.6. The number of aryl methyl sites for hydroxylation is 3. The van der Waals surface area contributed by atoms with Crippen molar-refractivity contribution in [3.8, 4) is 50.6 Å². The topological polar surface area (TPSA) is 30.7 Å². The number of imidazole rings is 1. The van der Waals surface area contributed by atoms with E-state index in [2.05, 4.69) is 173 Å². The largest absolute Gasteiger partial charge is 0.332 e. The fraction of sp³-hybridized carbons (Fsp3) is 0.0566. The third-order valence-corrected chi connectivity index (χ3v) is 11.0. The standard InChI is InChI=1S/C41H29N2S.C12H10N.Ir/c1-4-13-29(14-5-1)23-24-30-25-26-39-35(27-30)36(28-44-39)41-42-37-21-10-11-22-38(37)43(41)40-33(31-15-6-2-7-16-31)19-12-20-34(40)32-17-8-3-9-18-32;1-10-7-8-12(13-9-10)11-5-3-2-4-6-11;/h1-22,25-27H,23-24H2;2-5,7-9H,1H3;/q2*-1;/i;1D3;. The Morgan fingerprint density at radius 3 is 1.98 bits per heavy atom. The van der Waals surface area contributed by atoms with Crippen LogP contribution in [0.1, 0.15) is 20.8 Å². The first-order valence-corrected chi connectivity index (χ1v) is 19.8. The van der Waals surface area contributed by atoms with Crippen LogP contribution in [0, 0.1) is 18.3 Å². The van der Waals surface area contributed by atoms with Gasteiger partial charge in [0.05, 0.1) is 22.5 Å². The van der Waals surface area contributed by atoms with Crippen molar-refractivity contribution in [1.82, 2.24) is 14.5 Å². The smallest absolute Gasteiger partial charge is 0.0774 e. The molecule has 0 unspecified atom stereocenters. The molecule has 1 radical (unpaired) electrons. The molecule has 3 heterocycles. The molecule has 3 nitrogen and oxygen atoms in total. The first kappa shape index (κ1) is 35.0. The van der Waals surface area contributed by atoms with Crippen molar-refractivity contribution >= 4 is 32.5 Å². The van der Waals surface area contributed by atoms with Crippen molar-refractivity contribution < 1.29 is 24.2 Å². The average molecular weight is 945 g/mol. The van der Waals surface area contributed by atoms with Crippen LogP contribution in [0.5, 0.6) is 0 Å². The molecule has 58 heavy (non-hydrogen) atoms. The maximum Gasteiger partial charge on any atom is 0.0774 e. The number of nitrogens with zero attached hydrogens (tertiary/aromatic N) is 3. The van der Waals surface area contributed by atoms with Gasteiger partial charge in [-0.25, -0.2) is 0 Å². The minimum atomic E-state index is -2.09. The van der Waals surface area contributed by atoms with Crippen molar-refractivity contribution in [1.29, 1.82) is 0 Å². The number of thiophene rings is 1. The molecule has 0 amide bonds. The summed E-state index contributed by atoms with van der Waals surface area (Å²) in [6.07, 6.45) is 3.39. The molecule has 0 saturated heterocycles. The van der Waals surface area contributed by atoms with Crippen LogP contribution in [0.4, 0.5) is 0 Å². The van der Waals surface area contributed by atoms with E-state index >= 15 is 0 Å². The number of hydrogen-bond donors (Lipinski definition) is 0. The maximum absolute atomic E-state index is 7.23. The summed E-state index contributed by atoms with van der Waals surface area (Å²) in [6, 6.07) is 67.8. The van der Waals surface area contributed by atoms with Gasteiger partial charge in [-0.1, -0.05) is 167 Å². The Bertz CT molecular complexity index is 2950. The fourth-order valence-electron chi connectivity index (χ4n) is 7.29. The molecule has 10 rings (SSSR count). The Hall–Kier alpha value is -6.23. The van der Waals surface area contributed by atoms with Gasteiger partial charge < -0.3 is 9.55 Å². The van der Waals surface area contributed by atoms with E-state index < -0.39 is 6.85 Å².